The smallest absolute Gasteiger partial charge is 0.334 e. The van der Waals surface area contributed by atoms with Gasteiger partial charge < -0.3 is 4.74 Å². The maximum atomic E-state index is 12.3. The quantitative estimate of drug-likeness (QED) is 0.630. The van der Waals surface area contributed by atoms with E-state index in [1.54, 1.807) is 0 Å². The monoisotopic (exact) mass is 326 g/mol. The van der Waals surface area contributed by atoms with Crippen molar-refractivity contribution in [3.05, 3.63) is 16.0 Å². The second-order valence-electron chi connectivity index (χ2n) is 2.91. The summed E-state index contributed by atoms with van der Waals surface area (Å²) in [4.78, 5) is 12.3. The highest BCUT2D eigenvalue weighted by atomic mass is 127. The zero-order valence-electron chi connectivity index (χ0n) is 14.0. The number of rotatable bonds is 3. The molecule has 15 heavy (non-hydrogen) atoms. The van der Waals surface area contributed by atoms with Gasteiger partial charge in [0.15, 0.2) is 5.54 Å². The van der Waals surface area contributed by atoms with E-state index in [2.05, 4.69) is 5.10 Å². The third-order valence-electron chi connectivity index (χ3n) is 1.95. The number of carbonyl (C=O) groups is 1. The molecule has 0 radical (unpaired) electrons. The van der Waals surface area contributed by atoms with Crippen LogP contribution in [0.3, 0.4) is 0 Å². The molecule has 1 fully saturated rings. The predicted octanol–water partition coefficient (Wildman–Crippen LogP) is 1.93. The van der Waals surface area contributed by atoms with Gasteiger partial charge in [0.25, 0.3) is 0 Å². The summed E-state index contributed by atoms with van der Waals surface area (Å²) in [5, 5.41) is 3.83. The molecule has 0 atom stereocenters. The van der Waals surface area contributed by atoms with Crippen molar-refractivity contribution in [3.8, 4) is 0 Å². The van der Waals surface area contributed by atoms with Crippen LogP contribution in [0.5, 0.6) is 0 Å². The molecule has 0 spiro atoms. The zero-order chi connectivity index (χ0) is 16.3. The molecular weight excluding hydrogens is 307 g/mol. The first kappa shape index (κ1) is 5.65. The molecule has 1 aromatic heterocycles. The lowest BCUT2D eigenvalue weighted by molar-refractivity contribution is -0.160. The molecule has 0 aromatic carbocycles. The highest BCUT2D eigenvalue weighted by Crippen LogP contribution is 2.40. The van der Waals surface area contributed by atoms with E-state index < -0.39 is 30.6 Å². The Morgan fingerprint density at radius 2 is 2.60 bits per heavy atom. The number of hydrogen-bond acceptors (Lipinski definition) is 3. The van der Waals surface area contributed by atoms with Crippen LogP contribution in [0, 0.1) is 3.57 Å². The fourth-order valence-corrected chi connectivity index (χ4v) is 1.60. The van der Waals surface area contributed by atoms with Crippen LogP contribution in [0.2, 0.25) is 0 Å². The minimum absolute atomic E-state index is 0.0753. The second kappa shape index (κ2) is 4.11. The van der Waals surface area contributed by atoms with E-state index in [1.165, 1.54) is 19.3 Å². The maximum absolute atomic E-state index is 12.3. The van der Waals surface area contributed by atoms with Crippen LogP contribution in [-0.2, 0) is 15.1 Å². The van der Waals surface area contributed by atoms with Crippen molar-refractivity contribution in [3.63, 3.8) is 0 Å². The minimum Gasteiger partial charge on any atom is -0.464 e. The number of nitrogens with zero attached hydrogens (tertiary/aromatic N) is 2. The molecule has 1 aliphatic carbocycles. The lowest BCUT2D eigenvalue weighted by Crippen LogP contribution is -2.49. The fraction of sp³-hybridized carbons (Fsp3) is 0.600. The molecule has 1 aromatic rings. The standard InChI is InChI=1S/C10H13IN2O2/c1-2-15-9(14)10(4-3-5-10)13-7-8(11)6-12-13/h6-7H,2-5H2,1H3/i3D2,4D2,5D2. The van der Waals surface area contributed by atoms with E-state index in [1.807, 2.05) is 22.6 Å². The number of aromatic nitrogens is 2. The summed E-state index contributed by atoms with van der Waals surface area (Å²) in [7, 11) is 0. The molecule has 0 amide bonds. The maximum Gasteiger partial charge on any atom is 0.334 e. The summed E-state index contributed by atoms with van der Waals surface area (Å²) in [5.41, 5.74) is -2.50. The van der Waals surface area contributed by atoms with E-state index >= 15 is 0 Å². The van der Waals surface area contributed by atoms with Gasteiger partial charge in [-0.3, -0.25) is 4.68 Å². The lowest BCUT2D eigenvalue weighted by atomic mass is 9.77. The average molecular weight is 326 g/mol. The van der Waals surface area contributed by atoms with Gasteiger partial charge in [-0.1, -0.05) is 0 Å². The van der Waals surface area contributed by atoms with Crippen LogP contribution >= 0.6 is 22.6 Å². The van der Waals surface area contributed by atoms with E-state index in [4.69, 9.17) is 13.0 Å². The molecule has 0 aliphatic heterocycles. The first-order chi connectivity index (χ1) is 9.48. The van der Waals surface area contributed by atoms with Crippen molar-refractivity contribution in [1.82, 2.24) is 9.78 Å². The first-order valence-electron chi connectivity index (χ1n) is 7.36. The molecular formula is C10H13IN2O2. The highest BCUT2D eigenvalue weighted by Gasteiger charge is 2.48. The molecule has 1 aliphatic rings. The van der Waals surface area contributed by atoms with Crippen molar-refractivity contribution < 1.29 is 17.8 Å². The Labute approximate surface area is 111 Å². The molecule has 4 nitrogen and oxygen atoms in total. The summed E-state index contributed by atoms with van der Waals surface area (Å²) in [6.45, 7) is 1.44. The van der Waals surface area contributed by atoms with E-state index in [0.717, 1.165) is 4.68 Å². The Hall–Kier alpha value is -0.590. The number of hydrogen-bond donors (Lipinski definition) is 0. The van der Waals surface area contributed by atoms with Crippen LogP contribution in [0.1, 0.15) is 34.3 Å². The average Bonchev–Trinajstić information content (AvgIpc) is 2.75. The largest absolute Gasteiger partial charge is 0.464 e. The first-order valence-corrected chi connectivity index (χ1v) is 5.44. The number of ether oxygens (including phenoxy) is 1. The molecule has 0 bridgehead atoms. The van der Waals surface area contributed by atoms with Gasteiger partial charge >= 0.3 is 5.97 Å². The molecule has 5 heteroatoms. The topological polar surface area (TPSA) is 44.1 Å². The van der Waals surface area contributed by atoms with Gasteiger partial charge in [0.2, 0.25) is 0 Å². The Morgan fingerprint density at radius 3 is 3.13 bits per heavy atom. The SMILES string of the molecule is [2H]C1([2H])C([2H])([2H])C(C(=O)OCC)(n2cc(I)cn2)C1([2H])[2H]. The molecule has 0 saturated heterocycles. The van der Waals surface area contributed by atoms with E-state index in [-0.39, 0.29) is 6.61 Å². The van der Waals surface area contributed by atoms with Crippen LogP contribution in [-0.4, -0.2) is 22.4 Å². The molecule has 2 rings (SSSR count). The molecule has 0 unspecified atom stereocenters. The van der Waals surface area contributed by atoms with Crippen LogP contribution in [0.25, 0.3) is 0 Å². The van der Waals surface area contributed by atoms with Gasteiger partial charge in [-0.25, -0.2) is 4.79 Å². The Kier molecular flexibility index (Phi) is 1.55. The van der Waals surface area contributed by atoms with Crippen LogP contribution in [0.15, 0.2) is 12.4 Å². The third-order valence-corrected chi connectivity index (χ3v) is 2.51. The third kappa shape index (κ3) is 1.77. The predicted molar refractivity (Wildman–Crippen MR) is 63.4 cm³/mol. The number of carbonyl (C=O) groups excluding carboxylic acids is 1. The molecule has 82 valence electrons. The van der Waals surface area contributed by atoms with Crippen molar-refractivity contribution in [1.29, 1.82) is 0 Å². The van der Waals surface area contributed by atoms with E-state index in [9.17, 15) is 4.79 Å². The number of halogens is 1. The van der Waals surface area contributed by atoms with Crippen LogP contribution in [0.4, 0.5) is 0 Å². The van der Waals surface area contributed by atoms with Gasteiger partial charge in [0, 0.05) is 14.4 Å². The Morgan fingerprint density at radius 1 is 1.87 bits per heavy atom. The molecule has 0 N–H and O–H groups in total. The van der Waals surface area contributed by atoms with E-state index in [0.29, 0.717) is 3.57 Å². The van der Waals surface area contributed by atoms with Crippen molar-refractivity contribution in [2.75, 3.05) is 6.61 Å². The summed E-state index contributed by atoms with van der Waals surface area (Å²) in [5.74, 6) is -1.17. The Bertz CT molecular complexity index is 570. The second-order valence-corrected chi connectivity index (χ2v) is 4.15. The zero-order valence-corrected chi connectivity index (χ0v) is 10.1. The summed E-state index contributed by atoms with van der Waals surface area (Å²) in [6, 6.07) is 0. The van der Waals surface area contributed by atoms with Gasteiger partial charge in [0.05, 0.1) is 16.4 Å². The van der Waals surface area contributed by atoms with Gasteiger partial charge in [-0.05, 0) is 48.6 Å². The van der Waals surface area contributed by atoms with Crippen LogP contribution < -0.4 is 0 Å². The van der Waals surface area contributed by atoms with Gasteiger partial charge in [-0.15, -0.1) is 0 Å². The molecule has 1 saturated carbocycles. The fourth-order valence-electron chi connectivity index (χ4n) is 1.21. The van der Waals surface area contributed by atoms with Crippen molar-refractivity contribution in [2.24, 2.45) is 0 Å². The normalized spacial score (nSPS) is 34.3. The van der Waals surface area contributed by atoms with Gasteiger partial charge in [0.1, 0.15) is 0 Å². The summed E-state index contributed by atoms with van der Waals surface area (Å²) in [6.07, 6.45) is -5.86. The van der Waals surface area contributed by atoms with Crippen molar-refractivity contribution in [2.45, 2.75) is 31.6 Å². The molecule has 1 heterocycles. The Balaban J connectivity index is 2.72. The lowest BCUT2D eigenvalue weighted by Gasteiger charge is -2.39. The number of esters is 1. The van der Waals surface area contributed by atoms with Gasteiger partial charge in [-0.2, -0.15) is 5.10 Å². The van der Waals surface area contributed by atoms with Crippen molar-refractivity contribution >= 4 is 28.6 Å². The summed E-state index contributed by atoms with van der Waals surface area (Å²) < 4.78 is 53.5. The summed E-state index contributed by atoms with van der Waals surface area (Å²) >= 11 is 1.88. The minimum atomic E-state index is -2.86. The highest BCUT2D eigenvalue weighted by molar-refractivity contribution is 14.1.